The normalized spacial score (nSPS) is 43.3. The number of phenolic OH excluding ortho intramolecular Hbond substituents is 1. The number of aromatic hydroxyl groups is 1. The van der Waals surface area contributed by atoms with Crippen LogP contribution in [0.1, 0.15) is 107 Å². The van der Waals surface area contributed by atoms with Crippen molar-refractivity contribution >= 4 is 29.8 Å². The van der Waals surface area contributed by atoms with Crippen molar-refractivity contribution in [2.24, 2.45) is 63.4 Å². The molecule has 3 aromatic carbocycles. The molecule has 10 aliphatic rings. The van der Waals surface area contributed by atoms with Crippen LogP contribution in [0.5, 0.6) is 23.0 Å². The molecule has 0 radical (unpaired) electrons. The minimum Gasteiger partial charge on any atom is -0.508 e. The van der Waals surface area contributed by atoms with Gasteiger partial charge < -0.3 is 68.8 Å². The van der Waals surface area contributed by atoms with Gasteiger partial charge >= 0.3 is 29.8 Å². The van der Waals surface area contributed by atoms with Crippen LogP contribution < -0.4 is 15.2 Å². The van der Waals surface area contributed by atoms with E-state index in [2.05, 4.69) is 10.3 Å². The number of hydrogen-bond donors (Lipinski definition) is 5. The second kappa shape index (κ2) is 17.7. The van der Waals surface area contributed by atoms with E-state index in [1.165, 1.54) is 32.9 Å². The zero-order chi connectivity index (χ0) is 57.7. The molecule has 14 rings (SSSR count). The Kier molecular flexibility index (Phi) is 11.5. The van der Waals surface area contributed by atoms with Crippen molar-refractivity contribution < 1.29 is 87.0 Å². The number of carbonyl (C=O) groups excluding carboxylic acids is 5. The molecule has 3 saturated heterocycles. The molecule has 6 N–H and O–H groups in total. The van der Waals surface area contributed by atoms with Gasteiger partial charge in [0.05, 0.1) is 35.5 Å². The van der Waals surface area contributed by atoms with Gasteiger partial charge in [-0.25, -0.2) is 9.59 Å². The number of epoxide rings is 2. The minimum absolute atomic E-state index is 0.0240. The molecule has 3 unspecified atom stereocenters. The number of ether oxygens (including phenoxy) is 9. The fraction of sp³-hybridized carbons (Fsp3) is 0.583. The molecule has 8 fully saturated rings. The van der Waals surface area contributed by atoms with Crippen molar-refractivity contribution in [3.8, 4) is 23.0 Å². The van der Waals surface area contributed by atoms with Crippen molar-refractivity contribution in [2.75, 3.05) is 0 Å². The summed E-state index contributed by atoms with van der Waals surface area (Å²) in [7, 11) is 0. The van der Waals surface area contributed by atoms with Gasteiger partial charge in [0.2, 0.25) is 5.79 Å². The third kappa shape index (κ3) is 6.86. The molecule has 22 nitrogen and oxygen atoms in total. The van der Waals surface area contributed by atoms with Gasteiger partial charge in [-0.1, -0.05) is 44.2 Å². The lowest BCUT2D eigenvalue weighted by Gasteiger charge is -2.67. The van der Waals surface area contributed by atoms with E-state index in [9.17, 15) is 44.4 Å². The Morgan fingerprint density at radius 3 is 2.32 bits per heavy atom. The van der Waals surface area contributed by atoms with Crippen molar-refractivity contribution in [1.29, 1.82) is 0 Å². The van der Waals surface area contributed by atoms with E-state index in [1.807, 2.05) is 32.9 Å². The van der Waals surface area contributed by atoms with E-state index in [-0.39, 0.29) is 24.9 Å². The quantitative estimate of drug-likeness (QED) is 0.0611. The predicted molar refractivity (Wildman–Crippen MR) is 278 cm³/mol. The first kappa shape index (κ1) is 53.3. The summed E-state index contributed by atoms with van der Waals surface area (Å²) in [6, 6.07) is 16.1. The van der Waals surface area contributed by atoms with E-state index < -0.39 is 153 Å². The number of fused-ring (bicyclic) bond motifs is 15. The van der Waals surface area contributed by atoms with E-state index >= 15 is 0 Å². The lowest BCUT2D eigenvalue weighted by atomic mass is 9.40. The van der Waals surface area contributed by atoms with Crippen molar-refractivity contribution in [2.45, 2.75) is 159 Å². The molecule has 22 heteroatoms. The minimum atomic E-state index is -2.19. The van der Waals surface area contributed by atoms with Crippen molar-refractivity contribution in [3.05, 3.63) is 94.8 Å². The summed E-state index contributed by atoms with van der Waals surface area (Å²) in [5, 5.41) is 56.8. The van der Waals surface area contributed by atoms with Gasteiger partial charge in [0, 0.05) is 96.2 Å². The maximum absolute atomic E-state index is 14.7. The molecule has 0 bridgehead atoms. The van der Waals surface area contributed by atoms with E-state index in [0.29, 0.717) is 71.0 Å². The number of carbonyl (C=O) groups is 5. The maximum atomic E-state index is 14.7. The van der Waals surface area contributed by atoms with Crippen LogP contribution in [0.3, 0.4) is 0 Å². The lowest BCUT2D eigenvalue weighted by Crippen LogP contribution is -2.76. The molecular formula is C60H66N4O18. The van der Waals surface area contributed by atoms with Gasteiger partial charge in [-0.05, 0) is 81.2 Å². The van der Waals surface area contributed by atoms with Gasteiger partial charge in [-0.3, -0.25) is 19.1 Å². The number of nitrogens with two attached hydrogens (primary N) is 1. The van der Waals surface area contributed by atoms with Crippen LogP contribution >= 0.6 is 0 Å². The number of aliphatic hydroxyl groups is 3. The highest BCUT2D eigenvalue weighted by atomic mass is 16.8. The smallest absolute Gasteiger partial charge is 0.341 e. The van der Waals surface area contributed by atoms with E-state index in [0.717, 1.165) is 0 Å². The number of nitrogens with zero attached hydrogens (tertiary/aromatic N) is 3. The second-order valence-corrected chi connectivity index (χ2v) is 25.5. The first-order chi connectivity index (χ1) is 38.9. The third-order valence-corrected chi connectivity index (χ3v) is 21.7. The third-order valence-electron chi connectivity index (χ3n) is 21.7. The summed E-state index contributed by atoms with van der Waals surface area (Å²) in [6.07, 6.45) is -4.93. The number of benzene rings is 3. The van der Waals surface area contributed by atoms with Crippen LogP contribution in [0.2, 0.25) is 0 Å². The number of hydrogen-bond acceptors (Lipinski definition) is 21. The molecule has 6 heterocycles. The van der Waals surface area contributed by atoms with Crippen LogP contribution in [-0.4, -0.2) is 132 Å². The molecule has 434 valence electrons. The fourth-order valence-corrected chi connectivity index (χ4v) is 18.1. The van der Waals surface area contributed by atoms with Crippen LogP contribution in [0, 0.1) is 57.7 Å². The summed E-state index contributed by atoms with van der Waals surface area (Å²) in [4.78, 5) is 68.9. The van der Waals surface area contributed by atoms with Crippen LogP contribution in [0.15, 0.2) is 66.9 Å². The van der Waals surface area contributed by atoms with Crippen molar-refractivity contribution in [1.82, 2.24) is 15.0 Å². The number of aryl methyl sites for hydroxylation is 1. The molecule has 5 aliphatic carbocycles. The first-order valence-electron chi connectivity index (χ1n) is 28.4. The monoisotopic (exact) mass is 1130 g/mol. The average molecular weight is 1130 g/mol. The zero-order valence-electron chi connectivity index (χ0n) is 46.3. The first-order valence-corrected chi connectivity index (χ1v) is 28.4. The molecule has 5 saturated carbocycles. The van der Waals surface area contributed by atoms with E-state index in [1.54, 1.807) is 54.2 Å². The Hall–Kier alpha value is -6.69. The number of rotatable bonds is 11. The highest BCUT2D eigenvalue weighted by molar-refractivity contribution is 5.97. The largest absolute Gasteiger partial charge is 0.508 e. The summed E-state index contributed by atoms with van der Waals surface area (Å²) in [5.74, 6) is -9.44. The van der Waals surface area contributed by atoms with Crippen LogP contribution in [0.25, 0.3) is 0 Å². The number of phenols is 1. The summed E-state index contributed by atoms with van der Waals surface area (Å²) < 4.78 is 58.4. The lowest BCUT2D eigenvalue weighted by molar-refractivity contribution is -0.284. The second-order valence-electron chi connectivity index (χ2n) is 25.5. The van der Waals surface area contributed by atoms with Gasteiger partial charge in [0.1, 0.15) is 65.8 Å². The maximum Gasteiger partial charge on any atom is 0.341 e. The number of unbranched alkanes of at least 4 members (excludes halogenated alkanes) is 1. The summed E-state index contributed by atoms with van der Waals surface area (Å²) in [6.45, 7) is 11.6. The van der Waals surface area contributed by atoms with Gasteiger partial charge in [-0.15, -0.1) is 5.10 Å². The summed E-state index contributed by atoms with van der Waals surface area (Å²) in [5.41, 5.74) is 2.24. The molecule has 22 atom stereocenters. The molecule has 4 aromatic rings. The van der Waals surface area contributed by atoms with Gasteiger partial charge in [0.15, 0.2) is 11.2 Å². The highest BCUT2D eigenvalue weighted by Crippen LogP contribution is 2.81. The fourth-order valence-electron chi connectivity index (χ4n) is 18.1. The Balaban J connectivity index is 0.723. The van der Waals surface area contributed by atoms with E-state index in [4.69, 9.17) is 48.4 Å². The zero-order valence-corrected chi connectivity index (χ0v) is 46.3. The van der Waals surface area contributed by atoms with Gasteiger partial charge in [-0.2, -0.15) is 0 Å². The topological polar surface area (TPSA) is 313 Å². The van der Waals surface area contributed by atoms with Crippen molar-refractivity contribution in [3.63, 3.8) is 0 Å². The SMILES string of the molecule is CC(=O)O[C@H]1C2C([C@@H](O)[C@@H](N)[C@H]3C[C@@H]4O[C@@H]4[C@H](O)[C@]23C)[C@@H]2[C@H](OC(=O)CCCCn3cc(COc4ccc5c(c4)Oc4cc(O)ccc4C54OC(=O)c5ccccc54)nn3)[C@@H]3[C@H]([C@H](C)[C@H]4O[C@]45OC(=O)[C@@](C)(O)[C@]35C)[C@@]2(C)[C@H]1OC(C)=O. The Bertz CT molecular complexity index is 3410. The highest BCUT2D eigenvalue weighted by Gasteiger charge is 2.93. The average Bonchev–Trinajstić information content (AvgIpc) is 2.96. The molecular weight excluding hydrogens is 1060 g/mol. The van der Waals surface area contributed by atoms with Gasteiger partial charge in [0.25, 0.3) is 0 Å². The van der Waals surface area contributed by atoms with Crippen LogP contribution in [0.4, 0.5) is 0 Å². The molecule has 2 spiro atoms. The Morgan fingerprint density at radius 1 is 0.841 bits per heavy atom. The Labute approximate surface area is 470 Å². The number of aliphatic hydroxyl groups excluding tert-OH is 2. The number of esters is 5. The number of aromatic nitrogens is 3. The standard InChI is InChI=1S/C60H66N4O18/c1-25-41-44(57(6)58(7,73)54(72)82-60(57)51(25)80-60)48(42-40-43(49(75-26(2)65)52(56(41,42)5)76-27(3)66)55(4)35(45(61)46(40)69)22-38-47(78-38)50(55)70)79-39(68)14-10-11-19-64-23-28(62-63-64)24-74-30-16-18-34-37(21-30)77-36-20-29(67)15-17-33(36)59(34)32-13-9-8-12-31(32)53(71)81-59/h8-9,12-13,15-18,20-21,23,25,35,38,40-52,67,69-70,73H,10-11,14,19,22,24,61H2,1-7H3/t25-,35+,38-,40?,41-,42+,43?,44-,45-,46+,47-,48-,49-,50-,51+,52-,55-,56+,57-,58+,59?,60-/m0/s1. The molecule has 82 heavy (non-hydrogen) atoms. The Morgan fingerprint density at radius 2 is 1.56 bits per heavy atom. The van der Waals surface area contributed by atoms with Crippen LogP contribution in [-0.2, 0) is 71.1 Å². The predicted octanol–water partition coefficient (Wildman–Crippen LogP) is 4.11. The molecule has 0 amide bonds. The molecule has 5 aliphatic heterocycles. The molecule has 1 aromatic heterocycles. The summed E-state index contributed by atoms with van der Waals surface area (Å²) >= 11 is 0.